The molecule has 0 fully saturated rings. The number of carbonyl (C=O) groups excluding carboxylic acids is 1. The van der Waals surface area contributed by atoms with Crippen molar-refractivity contribution >= 4 is 33.0 Å². The SMILES string of the molecule is N#CCCNC(=O)CS(=O)(=O)c1cc(Cl)ccc1N. The second-order valence-corrected chi connectivity index (χ2v) is 6.09. The molecule has 3 N–H and O–H groups in total. The fraction of sp³-hybridized carbons (Fsp3) is 0.273. The zero-order valence-electron chi connectivity index (χ0n) is 9.89. The molecular formula is C11H12ClN3O3S. The summed E-state index contributed by atoms with van der Waals surface area (Å²) >= 11 is 5.71. The molecule has 1 aromatic carbocycles. The molecule has 0 saturated heterocycles. The van der Waals surface area contributed by atoms with Crippen LogP contribution in [-0.2, 0) is 14.6 Å². The molecule has 0 spiro atoms. The maximum Gasteiger partial charge on any atom is 0.235 e. The summed E-state index contributed by atoms with van der Waals surface area (Å²) in [6.45, 7) is 0.107. The first-order chi connectivity index (χ1) is 8.86. The molecule has 0 radical (unpaired) electrons. The summed E-state index contributed by atoms with van der Waals surface area (Å²) in [4.78, 5) is 11.3. The lowest BCUT2D eigenvalue weighted by Gasteiger charge is -2.08. The third-order valence-electron chi connectivity index (χ3n) is 2.19. The van der Waals surface area contributed by atoms with Crippen molar-refractivity contribution in [2.24, 2.45) is 0 Å². The predicted octanol–water partition coefficient (Wildman–Crippen LogP) is 0.726. The Kier molecular flexibility index (Phi) is 5.15. The van der Waals surface area contributed by atoms with Crippen LogP contribution in [0.15, 0.2) is 23.1 Å². The normalized spacial score (nSPS) is 10.7. The number of hydrogen-bond acceptors (Lipinski definition) is 5. The first-order valence-electron chi connectivity index (χ1n) is 5.28. The van der Waals surface area contributed by atoms with Crippen molar-refractivity contribution in [1.29, 1.82) is 5.26 Å². The maximum absolute atomic E-state index is 12.0. The van der Waals surface area contributed by atoms with E-state index in [4.69, 9.17) is 22.6 Å². The number of amides is 1. The van der Waals surface area contributed by atoms with E-state index in [1.807, 2.05) is 6.07 Å². The number of rotatable bonds is 5. The lowest BCUT2D eigenvalue weighted by atomic mass is 10.3. The van der Waals surface area contributed by atoms with E-state index in [-0.39, 0.29) is 28.6 Å². The molecule has 8 heteroatoms. The Hall–Kier alpha value is -1.78. The monoisotopic (exact) mass is 301 g/mol. The summed E-state index contributed by atoms with van der Waals surface area (Å²) in [5.74, 6) is -1.42. The van der Waals surface area contributed by atoms with Crippen LogP contribution in [-0.4, -0.2) is 26.6 Å². The lowest BCUT2D eigenvalue weighted by Crippen LogP contribution is -2.31. The standard InChI is InChI=1S/C11H12ClN3O3S/c12-8-2-3-9(14)10(6-8)19(17,18)7-11(16)15-5-1-4-13/h2-3,6H,1,5,7,14H2,(H,15,16). The van der Waals surface area contributed by atoms with Crippen LogP contribution in [0.3, 0.4) is 0 Å². The predicted molar refractivity (Wildman–Crippen MR) is 71.2 cm³/mol. The smallest absolute Gasteiger partial charge is 0.235 e. The fourth-order valence-corrected chi connectivity index (χ4v) is 2.91. The third kappa shape index (κ3) is 4.43. The van der Waals surface area contributed by atoms with Gasteiger partial charge in [-0.1, -0.05) is 11.6 Å². The van der Waals surface area contributed by atoms with Crippen LogP contribution in [0.2, 0.25) is 5.02 Å². The van der Waals surface area contributed by atoms with Gasteiger partial charge in [0.05, 0.1) is 23.1 Å². The van der Waals surface area contributed by atoms with Crippen LogP contribution in [0.5, 0.6) is 0 Å². The number of carbonyl (C=O) groups is 1. The number of nitrogens with one attached hydrogen (secondary N) is 1. The Morgan fingerprint density at radius 3 is 2.79 bits per heavy atom. The fourth-order valence-electron chi connectivity index (χ4n) is 1.34. The van der Waals surface area contributed by atoms with Crippen molar-refractivity contribution in [2.45, 2.75) is 11.3 Å². The summed E-state index contributed by atoms with van der Waals surface area (Å²) in [6, 6.07) is 5.86. The van der Waals surface area contributed by atoms with E-state index in [0.717, 1.165) is 0 Å². The Morgan fingerprint density at radius 2 is 2.16 bits per heavy atom. The quantitative estimate of drug-likeness (QED) is 0.614. The van der Waals surface area contributed by atoms with E-state index in [0.29, 0.717) is 0 Å². The second-order valence-electron chi connectivity index (χ2n) is 3.70. The number of nitriles is 1. The molecule has 0 aliphatic carbocycles. The largest absolute Gasteiger partial charge is 0.398 e. The Morgan fingerprint density at radius 1 is 1.47 bits per heavy atom. The molecule has 1 rings (SSSR count). The Bertz CT molecular complexity index is 623. The molecule has 0 aliphatic rings. The van der Waals surface area contributed by atoms with Gasteiger partial charge in [-0.05, 0) is 18.2 Å². The van der Waals surface area contributed by atoms with Crippen molar-refractivity contribution < 1.29 is 13.2 Å². The number of nitrogens with two attached hydrogens (primary N) is 1. The first-order valence-corrected chi connectivity index (χ1v) is 7.31. The van der Waals surface area contributed by atoms with Crippen LogP contribution >= 0.6 is 11.6 Å². The number of anilines is 1. The summed E-state index contributed by atoms with van der Waals surface area (Å²) in [7, 11) is -3.85. The molecule has 0 heterocycles. The Labute approximate surface area is 116 Å². The van der Waals surface area contributed by atoms with E-state index >= 15 is 0 Å². The molecule has 0 unspecified atom stereocenters. The third-order valence-corrected chi connectivity index (χ3v) is 4.09. The highest BCUT2D eigenvalue weighted by Crippen LogP contribution is 2.23. The summed E-state index contributed by atoms with van der Waals surface area (Å²) < 4.78 is 24.0. The Balaban J connectivity index is 2.84. The van der Waals surface area contributed by atoms with Crippen molar-refractivity contribution in [3.63, 3.8) is 0 Å². The topological polar surface area (TPSA) is 113 Å². The van der Waals surface area contributed by atoms with Gasteiger partial charge in [0.1, 0.15) is 5.75 Å². The average Bonchev–Trinajstić information content (AvgIpc) is 2.32. The van der Waals surface area contributed by atoms with Crippen LogP contribution in [0, 0.1) is 11.3 Å². The van der Waals surface area contributed by atoms with E-state index in [9.17, 15) is 13.2 Å². The number of benzene rings is 1. The molecule has 102 valence electrons. The van der Waals surface area contributed by atoms with Crippen molar-refractivity contribution in [3.05, 3.63) is 23.2 Å². The van der Waals surface area contributed by atoms with Crippen molar-refractivity contribution in [2.75, 3.05) is 18.0 Å². The van der Waals surface area contributed by atoms with Crippen molar-refractivity contribution in [3.8, 4) is 6.07 Å². The number of sulfone groups is 1. The van der Waals surface area contributed by atoms with Crippen LogP contribution in [0.25, 0.3) is 0 Å². The molecule has 1 aromatic rings. The van der Waals surface area contributed by atoms with Crippen LogP contribution in [0.1, 0.15) is 6.42 Å². The van der Waals surface area contributed by atoms with Gasteiger partial charge >= 0.3 is 0 Å². The van der Waals surface area contributed by atoms with E-state index in [1.165, 1.54) is 18.2 Å². The molecule has 0 atom stereocenters. The molecule has 19 heavy (non-hydrogen) atoms. The minimum absolute atomic E-state index is 0.0363. The van der Waals surface area contributed by atoms with Gasteiger partial charge in [-0.2, -0.15) is 5.26 Å². The summed E-state index contributed by atoms with van der Waals surface area (Å²) in [5.41, 5.74) is 5.60. The zero-order valence-corrected chi connectivity index (χ0v) is 11.5. The molecule has 0 saturated carbocycles. The zero-order chi connectivity index (χ0) is 14.5. The van der Waals surface area contributed by atoms with Crippen LogP contribution in [0.4, 0.5) is 5.69 Å². The first kappa shape index (κ1) is 15.3. The van der Waals surface area contributed by atoms with Crippen molar-refractivity contribution in [1.82, 2.24) is 5.32 Å². The van der Waals surface area contributed by atoms with Gasteiger partial charge in [0.15, 0.2) is 9.84 Å². The van der Waals surface area contributed by atoms with Gasteiger partial charge in [0.25, 0.3) is 0 Å². The number of hydrogen-bond donors (Lipinski definition) is 2. The summed E-state index contributed by atoms with van der Waals surface area (Å²) in [5, 5.41) is 10.9. The summed E-state index contributed by atoms with van der Waals surface area (Å²) in [6.07, 6.45) is 0.116. The highest BCUT2D eigenvalue weighted by molar-refractivity contribution is 7.92. The number of halogens is 1. The minimum atomic E-state index is -3.85. The van der Waals surface area contributed by atoms with E-state index < -0.39 is 21.5 Å². The van der Waals surface area contributed by atoms with Gasteiger partial charge in [0, 0.05) is 11.6 Å². The molecule has 6 nitrogen and oxygen atoms in total. The highest BCUT2D eigenvalue weighted by Gasteiger charge is 2.21. The van der Waals surface area contributed by atoms with Gasteiger partial charge in [-0.3, -0.25) is 4.79 Å². The lowest BCUT2D eigenvalue weighted by molar-refractivity contribution is -0.118. The number of nitrogen functional groups attached to an aromatic ring is 1. The molecule has 1 amide bonds. The van der Waals surface area contributed by atoms with E-state index in [1.54, 1.807) is 0 Å². The molecule has 0 aromatic heterocycles. The van der Waals surface area contributed by atoms with E-state index in [2.05, 4.69) is 5.32 Å². The second kappa shape index (κ2) is 6.41. The van der Waals surface area contributed by atoms with Gasteiger partial charge < -0.3 is 11.1 Å². The van der Waals surface area contributed by atoms with Gasteiger partial charge in [0.2, 0.25) is 5.91 Å². The minimum Gasteiger partial charge on any atom is -0.398 e. The molecular weight excluding hydrogens is 290 g/mol. The maximum atomic E-state index is 12.0. The number of nitrogens with zero attached hydrogens (tertiary/aromatic N) is 1. The van der Waals surface area contributed by atoms with Gasteiger partial charge in [-0.15, -0.1) is 0 Å². The van der Waals surface area contributed by atoms with Crippen LogP contribution < -0.4 is 11.1 Å². The molecule has 0 bridgehead atoms. The van der Waals surface area contributed by atoms with Gasteiger partial charge in [-0.25, -0.2) is 8.42 Å². The molecule has 0 aliphatic heterocycles. The average molecular weight is 302 g/mol. The highest BCUT2D eigenvalue weighted by atomic mass is 35.5.